The summed E-state index contributed by atoms with van der Waals surface area (Å²) in [7, 11) is 1.71. The molecule has 4 heteroatoms. The standard InChI is InChI=1S/C16H23NO3/c1-16(2)19-10-13(20-16)9-17-15-7-5-11-4-6-12(18-3)8-14(11)15/h4,6,8,13,15,17H,5,7,9-10H2,1-3H3. The van der Waals surface area contributed by atoms with Gasteiger partial charge in [0.1, 0.15) is 5.75 Å². The lowest BCUT2D eigenvalue weighted by Gasteiger charge is -2.19. The molecular weight excluding hydrogens is 254 g/mol. The number of nitrogens with one attached hydrogen (secondary N) is 1. The molecule has 0 saturated carbocycles. The van der Waals surface area contributed by atoms with Crippen LogP contribution in [0.5, 0.6) is 5.75 Å². The van der Waals surface area contributed by atoms with Crippen LogP contribution in [-0.2, 0) is 15.9 Å². The molecule has 110 valence electrons. The van der Waals surface area contributed by atoms with Gasteiger partial charge in [0.25, 0.3) is 0 Å². The fourth-order valence-corrected chi connectivity index (χ4v) is 3.06. The number of hydrogen-bond donors (Lipinski definition) is 1. The van der Waals surface area contributed by atoms with Gasteiger partial charge in [-0.25, -0.2) is 0 Å². The molecule has 1 aliphatic heterocycles. The Labute approximate surface area is 120 Å². The molecule has 2 atom stereocenters. The number of aryl methyl sites for hydroxylation is 1. The monoisotopic (exact) mass is 277 g/mol. The van der Waals surface area contributed by atoms with E-state index in [-0.39, 0.29) is 6.10 Å². The molecular formula is C16H23NO3. The molecule has 2 aliphatic rings. The lowest BCUT2D eigenvalue weighted by atomic mass is 10.1. The van der Waals surface area contributed by atoms with Crippen molar-refractivity contribution >= 4 is 0 Å². The molecule has 0 amide bonds. The highest BCUT2D eigenvalue weighted by atomic mass is 16.7. The quantitative estimate of drug-likeness (QED) is 0.917. The van der Waals surface area contributed by atoms with Crippen LogP contribution in [0, 0.1) is 0 Å². The summed E-state index contributed by atoms with van der Waals surface area (Å²) in [5, 5.41) is 3.61. The first kappa shape index (κ1) is 13.9. The topological polar surface area (TPSA) is 39.7 Å². The van der Waals surface area contributed by atoms with Crippen LogP contribution in [0.4, 0.5) is 0 Å². The van der Waals surface area contributed by atoms with Crippen molar-refractivity contribution in [2.45, 2.75) is 44.6 Å². The second-order valence-electron chi connectivity index (χ2n) is 6.01. The van der Waals surface area contributed by atoms with Crippen molar-refractivity contribution in [2.75, 3.05) is 20.3 Å². The summed E-state index contributed by atoms with van der Waals surface area (Å²) < 4.78 is 16.7. The first-order valence-corrected chi connectivity index (χ1v) is 7.29. The van der Waals surface area contributed by atoms with Gasteiger partial charge < -0.3 is 19.5 Å². The van der Waals surface area contributed by atoms with Crippen molar-refractivity contribution in [1.29, 1.82) is 0 Å². The van der Waals surface area contributed by atoms with E-state index in [4.69, 9.17) is 14.2 Å². The zero-order valence-corrected chi connectivity index (χ0v) is 12.4. The van der Waals surface area contributed by atoms with E-state index in [0.29, 0.717) is 12.6 Å². The summed E-state index contributed by atoms with van der Waals surface area (Å²) in [6, 6.07) is 6.76. The van der Waals surface area contributed by atoms with Gasteiger partial charge in [-0.05, 0) is 49.9 Å². The van der Waals surface area contributed by atoms with Crippen LogP contribution < -0.4 is 10.1 Å². The van der Waals surface area contributed by atoms with Gasteiger partial charge in [0.2, 0.25) is 0 Å². The summed E-state index contributed by atoms with van der Waals surface area (Å²) in [5.41, 5.74) is 2.79. The molecule has 0 radical (unpaired) electrons. The lowest BCUT2D eigenvalue weighted by Crippen LogP contribution is -2.32. The predicted molar refractivity (Wildman–Crippen MR) is 77.0 cm³/mol. The van der Waals surface area contributed by atoms with Crippen LogP contribution in [0.1, 0.15) is 37.4 Å². The van der Waals surface area contributed by atoms with E-state index in [0.717, 1.165) is 25.1 Å². The summed E-state index contributed by atoms with van der Waals surface area (Å²) in [4.78, 5) is 0. The highest BCUT2D eigenvalue weighted by Crippen LogP contribution is 2.34. The number of fused-ring (bicyclic) bond motifs is 1. The average molecular weight is 277 g/mol. The van der Waals surface area contributed by atoms with E-state index < -0.39 is 5.79 Å². The van der Waals surface area contributed by atoms with Crippen molar-refractivity contribution in [1.82, 2.24) is 5.32 Å². The highest BCUT2D eigenvalue weighted by molar-refractivity contribution is 5.40. The molecule has 1 N–H and O–H groups in total. The fourth-order valence-electron chi connectivity index (χ4n) is 3.06. The van der Waals surface area contributed by atoms with Crippen LogP contribution in [0.2, 0.25) is 0 Å². The van der Waals surface area contributed by atoms with Crippen molar-refractivity contribution in [3.05, 3.63) is 29.3 Å². The Morgan fingerprint density at radius 3 is 2.95 bits per heavy atom. The zero-order valence-electron chi connectivity index (χ0n) is 12.4. The van der Waals surface area contributed by atoms with E-state index in [1.54, 1.807) is 7.11 Å². The molecule has 20 heavy (non-hydrogen) atoms. The van der Waals surface area contributed by atoms with E-state index in [2.05, 4.69) is 17.4 Å². The number of hydrogen-bond acceptors (Lipinski definition) is 4. The zero-order chi connectivity index (χ0) is 14.2. The first-order chi connectivity index (χ1) is 9.57. The van der Waals surface area contributed by atoms with Crippen LogP contribution in [0.25, 0.3) is 0 Å². The summed E-state index contributed by atoms with van der Waals surface area (Å²) in [5.74, 6) is 0.488. The van der Waals surface area contributed by atoms with Crippen LogP contribution in [0.3, 0.4) is 0 Å². The lowest BCUT2D eigenvalue weighted by molar-refractivity contribution is -0.137. The van der Waals surface area contributed by atoms with Gasteiger partial charge in [-0.15, -0.1) is 0 Å². The third kappa shape index (κ3) is 2.82. The highest BCUT2D eigenvalue weighted by Gasteiger charge is 2.33. The van der Waals surface area contributed by atoms with E-state index in [9.17, 15) is 0 Å². The van der Waals surface area contributed by atoms with Gasteiger partial charge >= 0.3 is 0 Å². The van der Waals surface area contributed by atoms with Gasteiger partial charge in [-0.1, -0.05) is 6.07 Å². The Hall–Kier alpha value is -1.10. The van der Waals surface area contributed by atoms with Crippen LogP contribution in [0.15, 0.2) is 18.2 Å². The van der Waals surface area contributed by atoms with Crippen LogP contribution in [-0.4, -0.2) is 32.2 Å². The summed E-state index contributed by atoms with van der Waals surface area (Å²) >= 11 is 0. The Morgan fingerprint density at radius 2 is 2.25 bits per heavy atom. The minimum atomic E-state index is -0.441. The SMILES string of the molecule is COc1ccc2c(c1)C(NCC1COC(C)(C)O1)CC2. The Balaban J connectivity index is 1.61. The van der Waals surface area contributed by atoms with Gasteiger partial charge in [-0.2, -0.15) is 0 Å². The number of ether oxygens (including phenoxy) is 3. The van der Waals surface area contributed by atoms with Crippen molar-refractivity contribution in [2.24, 2.45) is 0 Å². The fraction of sp³-hybridized carbons (Fsp3) is 0.625. The van der Waals surface area contributed by atoms with Crippen LogP contribution >= 0.6 is 0 Å². The molecule has 1 aromatic carbocycles. The molecule has 0 aromatic heterocycles. The first-order valence-electron chi connectivity index (χ1n) is 7.29. The minimum absolute atomic E-state index is 0.139. The average Bonchev–Trinajstić information content (AvgIpc) is 2.98. The minimum Gasteiger partial charge on any atom is -0.497 e. The molecule has 1 fully saturated rings. The number of rotatable bonds is 4. The second-order valence-corrected chi connectivity index (χ2v) is 6.01. The molecule has 1 aliphatic carbocycles. The largest absolute Gasteiger partial charge is 0.497 e. The third-order valence-corrected chi connectivity index (χ3v) is 4.09. The van der Waals surface area contributed by atoms with E-state index in [1.165, 1.54) is 11.1 Å². The molecule has 1 heterocycles. The maximum atomic E-state index is 5.83. The van der Waals surface area contributed by atoms with Gasteiger partial charge in [0.15, 0.2) is 5.79 Å². The van der Waals surface area contributed by atoms with Crippen molar-refractivity contribution in [3.8, 4) is 5.75 Å². The molecule has 0 bridgehead atoms. The van der Waals surface area contributed by atoms with Crippen molar-refractivity contribution in [3.63, 3.8) is 0 Å². The molecule has 4 nitrogen and oxygen atoms in total. The molecule has 3 rings (SSSR count). The van der Waals surface area contributed by atoms with E-state index in [1.807, 2.05) is 19.9 Å². The Bertz CT molecular complexity index is 487. The van der Waals surface area contributed by atoms with Crippen molar-refractivity contribution < 1.29 is 14.2 Å². The maximum absolute atomic E-state index is 5.83. The number of methoxy groups -OCH3 is 1. The smallest absolute Gasteiger partial charge is 0.163 e. The summed E-state index contributed by atoms with van der Waals surface area (Å²) in [6.07, 6.45) is 2.41. The third-order valence-electron chi connectivity index (χ3n) is 4.09. The van der Waals surface area contributed by atoms with Gasteiger partial charge in [-0.3, -0.25) is 0 Å². The normalized spacial score (nSPS) is 27.6. The Kier molecular flexibility index (Phi) is 3.71. The molecule has 0 spiro atoms. The number of benzene rings is 1. The maximum Gasteiger partial charge on any atom is 0.163 e. The molecule has 2 unspecified atom stereocenters. The predicted octanol–water partition coefficient (Wildman–Crippen LogP) is 2.42. The summed E-state index contributed by atoms with van der Waals surface area (Å²) in [6.45, 7) is 5.41. The second kappa shape index (κ2) is 5.35. The molecule has 1 aromatic rings. The van der Waals surface area contributed by atoms with E-state index >= 15 is 0 Å². The van der Waals surface area contributed by atoms with Gasteiger partial charge in [0.05, 0.1) is 19.8 Å². The van der Waals surface area contributed by atoms with Gasteiger partial charge in [0, 0.05) is 12.6 Å². The molecule has 1 saturated heterocycles. The Morgan fingerprint density at radius 1 is 1.40 bits per heavy atom.